The zero-order valence-electron chi connectivity index (χ0n) is 11.3. The standard InChI is InChI=1S/C14H23NO/c1-11(16-6)15(5)13-10-8-7-9-12(13)14(2,3)4/h7-11H,1-6H3/p+1. The van der Waals surface area contributed by atoms with Crippen LogP contribution in [0, 0.1) is 0 Å². The Morgan fingerprint density at radius 2 is 1.75 bits per heavy atom. The van der Waals surface area contributed by atoms with Gasteiger partial charge in [0.15, 0.2) is 6.23 Å². The van der Waals surface area contributed by atoms with Crippen molar-refractivity contribution in [1.82, 2.24) is 0 Å². The summed E-state index contributed by atoms with van der Waals surface area (Å²) in [6, 6.07) is 8.60. The van der Waals surface area contributed by atoms with Gasteiger partial charge in [-0.15, -0.1) is 0 Å². The molecule has 0 radical (unpaired) electrons. The second kappa shape index (κ2) is 4.98. The van der Waals surface area contributed by atoms with Crippen LogP contribution in [0.15, 0.2) is 24.3 Å². The Labute approximate surface area is 99.2 Å². The van der Waals surface area contributed by atoms with Crippen LogP contribution in [0.2, 0.25) is 0 Å². The fourth-order valence-corrected chi connectivity index (χ4v) is 1.88. The van der Waals surface area contributed by atoms with Crippen molar-refractivity contribution in [3.63, 3.8) is 0 Å². The van der Waals surface area contributed by atoms with E-state index in [1.54, 1.807) is 7.11 Å². The molecule has 0 aliphatic carbocycles. The van der Waals surface area contributed by atoms with E-state index in [1.807, 2.05) is 0 Å². The van der Waals surface area contributed by atoms with Gasteiger partial charge < -0.3 is 4.74 Å². The predicted octanol–water partition coefficient (Wildman–Crippen LogP) is 2.12. The van der Waals surface area contributed by atoms with E-state index >= 15 is 0 Å². The van der Waals surface area contributed by atoms with Crippen molar-refractivity contribution in [2.45, 2.75) is 39.3 Å². The molecule has 0 amide bonds. The monoisotopic (exact) mass is 222 g/mol. The van der Waals surface area contributed by atoms with Crippen molar-refractivity contribution < 1.29 is 9.64 Å². The molecule has 1 N–H and O–H groups in total. The summed E-state index contributed by atoms with van der Waals surface area (Å²) in [6.45, 7) is 8.83. The van der Waals surface area contributed by atoms with Crippen molar-refractivity contribution in [1.29, 1.82) is 0 Å². The number of quaternary nitrogens is 1. The highest BCUT2D eigenvalue weighted by Gasteiger charge is 2.24. The zero-order chi connectivity index (χ0) is 12.3. The SMILES string of the molecule is COC(C)[NH+](C)c1ccccc1C(C)(C)C. The molecule has 16 heavy (non-hydrogen) atoms. The van der Waals surface area contributed by atoms with E-state index in [0.29, 0.717) is 0 Å². The molecular weight excluding hydrogens is 198 g/mol. The van der Waals surface area contributed by atoms with E-state index in [0.717, 1.165) is 0 Å². The number of benzene rings is 1. The Hall–Kier alpha value is -0.860. The smallest absolute Gasteiger partial charge is 0.192 e. The summed E-state index contributed by atoms with van der Waals surface area (Å²) in [6.07, 6.45) is 0.170. The average Bonchev–Trinajstić information content (AvgIpc) is 2.26. The van der Waals surface area contributed by atoms with Crippen LogP contribution in [0.1, 0.15) is 33.3 Å². The van der Waals surface area contributed by atoms with Crippen molar-refractivity contribution in [3.05, 3.63) is 29.8 Å². The molecule has 0 fully saturated rings. The first-order chi connectivity index (χ1) is 7.38. The largest absolute Gasteiger partial charge is 0.332 e. The number of hydrogen-bond donors (Lipinski definition) is 1. The second-order valence-corrected chi connectivity index (χ2v) is 5.36. The van der Waals surface area contributed by atoms with Crippen LogP contribution in [0.25, 0.3) is 0 Å². The Kier molecular flexibility index (Phi) is 4.11. The predicted molar refractivity (Wildman–Crippen MR) is 68.2 cm³/mol. The lowest BCUT2D eigenvalue weighted by Gasteiger charge is -2.27. The van der Waals surface area contributed by atoms with Crippen LogP contribution in [0.4, 0.5) is 5.69 Å². The van der Waals surface area contributed by atoms with Gasteiger partial charge in [0.2, 0.25) is 0 Å². The molecule has 0 saturated carbocycles. The topological polar surface area (TPSA) is 13.7 Å². The van der Waals surface area contributed by atoms with E-state index in [2.05, 4.69) is 59.0 Å². The first-order valence-electron chi connectivity index (χ1n) is 5.84. The number of methoxy groups -OCH3 is 1. The first kappa shape index (κ1) is 13.2. The van der Waals surface area contributed by atoms with Gasteiger partial charge in [0.25, 0.3) is 0 Å². The number of ether oxygens (including phenoxy) is 1. The Bertz CT molecular complexity index is 341. The number of hydrogen-bond acceptors (Lipinski definition) is 1. The van der Waals surface area contributed by atoms with Gasteiger partial charge in [0.05, 0.1) is 7.05 Å². The number of nitrogens with one attached hydrogen (secondary N) is 1. The van der Waals surface area contributed by atoms with Crippen molar-refractivity contribution in [2.24, 2.45) is 0 Å². The normalized spacial score (nSPS) is 15.9. The molecule has 90 valence electrons. The van der Waals surface area contributed by atoms with Crippen LogP contribution < -0.4 is 4.90 Å². The molecule has 2 heteroatoms. The van der Waals surface area contributed by atoms with Gasteiger partial charge in [-0.25, -0.2) is 0 Å². The van der Waals surface area contributed by atoms with E-state index in [9.17, 15) is 0 Å². The minimum atomic E-state index is 0.170. The maximum Gasteiger partial charge on any atom is 0.192 e. The summed E-state index contributed by atoms with van der Waals surface area (Å²) in [7, 11) is 3.91. The summed E-state index contributed by atoms with van der Waals surface area (Å²) in [4.78, 5) is 1.30. The fraction of sp³-hybridized carbons (Fsp3) is 0.571. The molecule has 2 nitrogen and oxygen atoms in total. The lowest BCUT2D eigenvalue weighted by molar-refractivity contribution is -0.864. The Balaban J connectivity index is 3.13. The molecule has 2 unspecified atom stereocenters. The molecule has 0 heterocycles. The highest BCUT2D eigenvalue weighted by Crippen LogP contribution is 2.26. The molecule has 2 atom stereocenters. The fourth-order valence-electron chi connectivity index (χ4n) is 1.88. The highest BCUT2D eigenvalue weighted by atomic mass is 16.5. The first-order valence-corrected chi connectivity index (χ1v) is 5.84. The van der Waals surface area contributed by atoms with Crippen molar-refractivity contribution in [2.75, 3.05) is 14.2 Å². The third-order valence-corrected chi connectivity index (χ3v) is 3.12. The minimum absolute atomic E-state index is 0.170. The summed E-state index contributed by atoms with van der Waals surface area (Å²) >= 11 is 0. The third kappa shape index (κ3) is 2.83. The molecule has 1 rings (SSSR count). The van der Waals surface area contributed by atoms with E-state index in [-0.39, 0.29) is 11.6 Å². The van der Waals surface area contributed by atoms with Gasteiger partial charge >= 0.3 is 0 Å². The van der Waals surface area contributed by atoms with Crippen LogP contribution >= 0.6 is 0 Å². The minimum Gasteiger partial charge on any atom is -0.332 e. The van der Waals surface area contributed by atoms with Crippen LogP contribution in [0.5, 0.6) is 0 Å². The molecule has 0 aliphatic rings. The van der Waals surface area contributed by atoms with Crippen molar-refractivity contribution in [3.8, 4) is 0 Å². The van der Waals surface area contributed by atoms with E-state index in [4.69, 9.17) is 4.74 Å². The van der Waals surface area contributed by atoms with Crippen LogP contribution in [-0.4, -0.2) is 20.4 Å². The molecular formula is C14H24NO+. The van der Waals surface area contributed by atoms with Gasteiger partial charge in [-0.2, -0.15) is 0 Å². The molecule has 0 aromatic heterocycles. The van der Waals surface area contributed by atoms with Gasteiger partial charge in [-0.05, 0) is 11.5 Å². The highest BCUT2D eigenvalue weighted by molar-refractivity contribution is 5.43. The summed E-state index contributed by atoms with van der Waals surface area (Å²) in [5.74, 6) is 0. The number of para-hydroxylation sites is 1. The molecule has 0 spiro atoms. The van der Waals surface area contributed by atoms with Crippen molar-refractivity contribution >= 4 is 5.69 Å². The third-order valence-electron chi connectivity index (χ3n) is 3.12. The zero-order valence-corrected chi connectivity index (χ0v) is 11.3. The lowest BCUT2D eigenvalue weighted by atomic mass is 9.85. The Morgan fingerprint density at radius 1 is 1.19 bits per heavy atom. The summed E-state index contributed by atoms with van der Waals surface area (Å²) in [5, 5.41) is 0. The summed E-state index contributed by atoms with van der Waals surface area (Å²) < 4.78 is 5.40. The van der Waals surface area contributed by atoms with Gasteiger partial charge in [-0.3, -0.25) is 4.90 Å². The maximum absolute atomic E-state index is 5.40. The summed E-state index contributed by atoms with van der Waals surface area (Å²) in [5.41, 5.74) is 2.88. The average molecular weight is 222 g/mol. The quantitative estimate of drug-likeness (QED) is 0.773. The molecule has 0 bridgehead atoms. The van der Waals surface area contributed by atoms with Gasteiger partial charge in [0.1, 0.15) is 5.69 Å². The Morgan fingerprint density at radius 3 is 2.25 bits per heavy atom. The van der Waals surface area contributed by atoms with E-state index < -0.39 is 0 Å². The van der Waals surface area contributed by atoms with E-state index in [1.165, 1.54) is 16.2 Å². The van der Waals surface area contributed by atoms with Crippen LogP contribution in [-0.2, 0) is 10.2 Å². The van der Waals surface area contributed by atoms with Gasteiger partial charge in [-0.1, -0.05) is 39.0 Å². The second-order valence-electron chi connectivity index (χ2n) is 5.36. The van der Waals surface area contributed by atoms with Gasteiger partial charge in [0, 0.05) is 19.6 Å². The number of rotatable bonds is 3. The van der Waals surface area contributed by atoms with Crippen LogP contribution in [0.3, 0.4) is 0 Å². The lowest BCUT2D eigenvalue weighted by Crippen LogP contribution is -3.08. The molecule has 0 aliphatic heterocycles. The molecule has 1 aromatic carbocycles. The maximum atomic E-state index is 5.40. The molecule has 1 aromatic rings. The molecule has 0 saturated heterocycles.